The molecule has 44 heavy (non-hydrogen) atoms. The summed E-state index contributed by atoms with van der Waals surface area (Å²) in [4.78, 5) is 32.9. The Morgan fingerprint density at radius 3 is 2.14 bits per heavy atom. The molecule has 0 amide bonds. The molecule has 0 saturated heterocycles. The maximum Gasteiger partial charge on any atom is 0.340 e. The lowest BCUT2D eigenvalue weighted by Gasteiger charge is -2.18. The molecule has 11 nitrogen and oxygen atoms in total. The number of esters is 1. The molecule has 0 saturated carbocycles. The minimum absolute atomic E-state index is 0.0468. The van der Waals surface area contributed by atoms with Crippen LogP contribution >= 0.6 is 11.3 Å². The molecule has 0 aliphatic carbocycles. The van der Waals surface area contributed by atoms with Gasteiger partial charge in [-0.05, 0) is 43.2 Å². The van der Waals surface area contributed by atoms with Crippen LogP contribution in [0.25, 0.3) is 21.3 Å². The van der Waals surface area contributed by atoms with Gasteiger partial charge in [-0.15, -0.1) is 11.3 Å². The lowest BCUT2D eigenvalue weighted by atomic mass is 9.94. The number of aryl methyl sites for hydroxylation is 1. The fourth-order valence-corrected chi connectivity index (χ4v) is 5.92. The van der Waals surface area contributed by atoms with Crippen molar-refractivity contribution in [3.05, 3.63) is 52.0 Å². The molecule has 2 aromatic carbocycles. The number of thiophene rings is 1. The molecule has 0 aliphatic rings. The first-order chi connectivity index (χ1) is 21.2. The number of carbonyl (C=O) groups excluding carboxylic acids is 2. The number of fused-ring (bicyclic) bond motifs is 1. The maximum absolute atomic E-state index is 13.9. The molecule has 12 heteroatoms. The Morgan fingerprint density at radius 2 is 1.55 bits per heavy atom. The summed E-state index contributed by atoms with van der Waals surface area (Å²) in [5, 5.41) is 0.417. The highest BCUT2D eigenvalue weighted by Gasteiger charge is 2.30. The SMILES string of the molecule is CCCOCCOC(=O)c1c(C)nc2sc(C(=O)c3ccc(OC)cc3OC)c(N)c2c1-c1cc(OC)c(OC)c(OC)c1. The van der Waals surface area contributed by atoms with Crippen molar-refractivity contribution in [3.8, 4) is 39.9 Å². The van der Waals surface area contributed by atoms with E-state index in [1.54, 1.807) is 37.3 Å². The number of ketones is 1. The molecule has 0 unspecified atom stereocenters. The lowest BCUT2D eigenvalue weighted by molar-refractivity contribution is 0.0318. The number of anilines is 1. The van der Waals surface area contributed by atoms with Gasteiger partial charge in [0, 0.05) is 23.6 Å². The Labute approximate surface area is 259 Å². The van der Waals surface area contributed by atoms with E-state index in [0.29, 0.717) is 68.0 Å². The number of hydrogen-bond acceptors (Lipinski definition) is 12. The summed E-state index contributed by atoms with van der Waals surface area (Å²) in [5.74, 6) is 0.989. The van der Waals surface area contributed by atoms with Crippen molar-refractivity contribution in [2.24, 2.45) is 0 Å². The molecular weight excluding hydrogens is 588 g/mol. The van der Waals surface area contributed by atoms with Crippen LogP contribution in [-0.4, -0.2) is 72.1 Å². The third kappa shape index (κ3) is 6.22. The van der Waals surface area contributed by atoms with Crippen LogP contribution in [-0.2, 0) is 9.47 Å². The smallest absolute Gasteiger partial charge is 0.340 e. The van der Waals surface area contributed by atoms with E-state index in [2.05, 4.69) is 0 Å². The first-order valence-electron chi connectivity index (χ1n) is 13.8. The minimum atomic E-state index is -0.615. The van der Waals surface area contributed by atoms with Crippen LogP contribution in [0.2, 0.25) is 0 Å². The zero-order chi connectivity index (χ0) is 32.0. The number of methoxy groups -OCH3 is 5. The molecule has 0 atom stereocenters. The van der Waals surface area contributed by atoms with E-state index >= 15 is 0 Å². The fourth-order valence-electron chi connectivity index (χ4n) is 4.82. The Hall–Kier alpha value is -4.55. The van der Waals surface area contributed by atoms with Gasteiger partial charge in [-0.3, -0.25) is 4.79 Å². The van der Waals surface area contributed by atoms with Gasteiger partial charge in [-0.25, -0.2) is 9.78 Å². The van der Waals surface area contributed by atoms with Crippen molar-refractivity contribution >= 4 is 39.0 Å². The lowest BCUT2D eigenvalue weighted by Crippen LogP contribution is -2.14. The van der Waals surface area contributed by atoms with Crippen LogP contribution in [0.4, 0.5) is 5.69 Å². The van der Waals surface area contributed by atoms with Gasteiger partial charge in [-0.1, -0.05) is 6.92 Å². The third-order valence-electron chi connectivity index (χ3n) is 6.88. The Balaban J connectivity index is 1.97. The molecule has 2 aromatic heterocycles. The van der Waals surface area contributed by atoms with Gasteiger partial charge >= 0.3 is 5.97 Å². The topological polar surface area (TPSA) is 138 Å². The highest BCUT2D eigenvalue weighted by atomic mass is 32.1. The zero-order valence-electron chi connectivity index (χ0n) is 25.8. The third-order valence-corrected chi connectivity index (χ3v) is 7.98. The van der Waals surface area contributed by atoms with Crippen LogP contribution in [0.3, 0.4) is 0 Å². The molecular formula is C32H36N2O9S. The summed E-state index contributed by atoms with van der Waals surface area (Å²) in [7, 11) is 7.49. The number of hydrogen-bond donors (Lipinski definition) is 1. The maximum atomic E-state index is 13.9. The first kappa shape index (κ1) is 32.4. The van der Waals surface area contributed by atoms with Gasteiger partial charge in [0.25, 0.3) is 0 Å². The molecule has 2 N–H and O–H groups in total. The van der Waals surface area contributed by atoms with Crippen LogP contribution in [0.5, 0.6) is 28.7 Å². The van der Waals surface area contributed by atoms with Crippen LogP contribution < -0.4 is 29.4 Å². The van der Waals surface area contributed by atoms with Crippen molar-refractivity contribution in [1.82, 2.24) is 4.98 Å². The molecule has 0 fully saturated rings. The van der Waals surface area contributed by atoms with E-state index in [1.807, 2.05) is 6.92 Å². The average Bonchev–Trinajstić information content (AvgIpc) is 3.37. The molecule has 2 heterocycles. The molecule has 0 aliphatic heterocycles. The monoisotopic (exact) mass is 624 g/mol. The zero-order valence-corrected chi connectivity index (χ0v) is 26.6. The summed E-state index contributed by atoms with van der Waals surface area (Å²) in [5.41, 5.74) is 8.73. The van der Waals surface area contributed by atoms with Crippen molar-refractivity contribution in [2.45, 2.75) is 20.3 Å². The summed E-state index contributed by atoms with van der Waals surface area (Å²) in [6, 6.07) is 8.33. The summed E-state index contributed by atoms with van der Waals surface area (Å²) >= 11 is 1.12. The van der Waals surface area contributed by atoms with Crippen LogP contribution in [0.15, 0.2) is 30.3 Å². The van der Waals surface area contributed by atoms with Gasteiger partial charge in [-0.2, -0.15) is 0 Å². The highest BCUT2D eigenvalue weighted by Crippen LogP contribution is 2.47. The predicted molar refractivity (Wildman–Crippen MR) is 168 cm³/mol. The van der Waals surface area contributed by atoms with Crippen molar-refractivity contribution in [1.29, 1.82) is 0 Å². The molecule has 4 aromatic rings. The number of rotatable bonds is 14. The normalized spacial score (nSPS) is 10.9. The number of benzene rings is 2. The van der Waals surface area contributed by atoms with Gasteiger partial charge in [0.1, 0.15) is 27.8 Å². The van der Waals surface area contributed by atoms with Gasteiger partial charge in [0.2, 0.25) is 11.5 Å². The molecule has 4 rings (SSSR count). The van der Waals surface area contributed by atoms with Gasteiger partial charge in [0.15, 0.2) is 11.5 Å². The second kappa shape index (κ2) is 14.3. The Morgan fingerprint density at radius 1 is 0.864 bits per heavy atom. The number of nitrogen functional groups attached to an aromatic ring is 1. The number of aromatic nitrogens is 1. The largest absolute Gasteiger partial charge is 0.497 e. The molecule has 0 bridgehead atoms. The molecule has 234 valence electrons. The van der Waals surface area contributed by atoms with Crippen LogP contribution in [0.1, 0.15) is 44.6 Å². The second-order valence-corrected chi connectivity index (χ2v) is 10.5. The first-order valence-corrected chi connectivity index (χ1v) is 14.6. The Kier molecular flexibility index (Phi) is 10.5. The number of pyridine rings is 1. The van der Waals surface area contributed by atoms with E-state index in [1.165, 1.54) is 35.5 Å². The molecule has 0 spiro atoms. The Bertz CT molecular complexity index is 1660. The standard InChI is InChI=1S/C32H36N2O9S/c1-8-11-42-12-13-43-32(36)24-17(2)34-31-26(25(24)18-14-22(39-5)29(41-7)23(15-18)40-6)27(33)30(44-31)28(35)20-10-9-19(37-3)16-21(20)38-4/h9-10,14-16H,8,11-13,33H2,1-7H3. The number of nitrogens with zero attached hydrogens (tertiary/aromatic N) is 1. The quantitative estimate of drug-likeness (QED) is 0.105. The van der Waals surface area contributed by atoms with Gasteiger partial charge in [0.05, 0.1) is 64.7 Å². The van der Waals surface area contributed by atoms with E-state index in [0.717, 1.165) is 17.8 Å². The van der Waals surface area contributed by atoms with E-state index in [-0.39, 0.29) is 35.1 Å². The molecule has 0 radical (unpaired) electrons. The average molecular weight is 625 g/mol. The second-order valence-electron chi connectivity index (χ2n) is 9.53. The fraction of sp³-hybridized carbons (Fsp3) is 0.344. The van der Waals surface area contributed by atoms with Crippen molar-refractivity contribution in [2.75, 3.05) is 61.1 Å². The summed E-state index contributed by atoms with van der Waals surface area (Å²) in [6.45, 7) is 4.55. The van der Waals surface area contributed by atoms with Crippen molar-refractivity contribution < 1.29 is 42.7 Å². The van der Waals surface area contributed by atoms with E-state index in [4.69, 9.17) is 43.9 Å². The number of nitrogens with two attached hydrogens (primary N) is 1. The van der Waals surface area contributed by atoms with E-state index < -0.39 is 5.97 Å². The van der Waals surface area contributed by atoms with Gasteiger partial charge < -0.3 is 38.9 Å². The number of ether oxygens (including phenoxy) is 7. The van der Waals surface area contributed by atoms with Crippen molar-refractivity contribution in [3.63, 3.8) is 0 Å². The summed E-state index contributed by atoms with van der Waals surface area (Å²) < 4.78 is 38.6. The van der Waals surface area contributed by atoms with Crippen LogP contribution in [0, 0.1) is 6.92 Å². The summed E-state index contributed by atoms with van der Waals surface area (Å²) in [6.07, 6.45) is 0.847. The number of carbonyl (C=O) groups is 2. The minimum Gasteiger partial charge on any atom is -0.497 e. The predicted octanol–water partition coefficient (Wildman–Crippen LogP) is 5.71. The van der Waals surface area contributed by atoms with E-state index in [9.17, 15) is 9.59 Å². The highest BCUT2D eigenvalue weighted by molar-refractivity contribution is 7.21.